The molecule has 0 bridgehead atoms. The fraction of sp³-hybridized carbons (Fsp3) is 0.296. The van der Waals surface area contributed by atoms with Gasteiger partial charge < -0.3 is 9.32 Å². The summed E-state index contributed by atoms with van der Waals surface area (Å²) in [6, 6.07) is 21.5. The first-order valence-corrected chi connectivity index (χ1v) is 11.7. The Morgan fingerprint density at radius 3 is 2.24 bits per heavy atom. The number of furan rings is 1. The topological polar surface area (TPSA) is 74.1 Å². The zero-order chi connectivity index (χ0) is 23.5. The van der Waals surface area contributed by atoms with Gasteiger partial charge in [0.15, 0.2) is 5.76 Å². The van der Waals surface area contributed by atoms with Crippen LogP contribution in [0.5, 0.6) is 0 Å². The Bertz CT molecular complexity index is 1140. The minimum Gasteiger partial charge on any atom is -0.459 e. The summed E-state index contributed by atoms with van der Waals surface area (Å²) in [6.45, 7) is 2.46. The zero-order valence-corrected chi connectivity index (χ0v) is 18.9. The fourth-order valence-electron chi connectivity index (χ4n) is 4.97. The van der Waals surface area contributed by atoms with Crippen molar-refractivity contribution in [3.8, 4) is 0 Å². The van der Waals surface area contributed by atoms with Gasteiger partial charge in [-0.05, 0) is 42.7 Å². The lowest BCUT2D eigenvalue weighted by Gasteiger charge is -2.40. The van der Waals surface area contributed by atoms with Crippen molar-refractivity contribution in [1.82, 2.24) is 9.80 Å². The molecule has 0 spiro atoms. The van der Waals surface area contributed by atoms with Crippen LogP contribution in [0, 0.1) is 0 Å². The number of rotatable bonds is 6. The molecule has 2 aliphatic rings. The van der Waals surface area contributed by atoms with Crippen molar-refractivity contribution in [3.05, 3.63) is 90.4 Å². The van der Waals surface area contributed by atoms with E-state index in [9.17, 15) is 14.4 Å². The summed E-state index contributed by atoms with van der Waals surface area (Å²) >= 11 is 0. The third-order valence-corrected chi connectivity index (χ3v) is 6.64. The molecule has 1 unspecified atom stereocenters. The van der Waals surface area contributed by atoms with Gasteiger partial charge in [-0.25, -0.2) is 4.90 Å². The highest BCUT2D eigenvalue weighted by atomic mass is 16.3. The van der Waals surface area contributed by atoms with Crippen LogP contribution < -0.4 is 4.90 Å². The Morgan fingerprint density at radius 1 is 0.912 bits per heavy atom. The van der Waals surface area contributed by atoms with Crippen LogP contribution in [0.4, 0.5) is 5.69 Å². The number of benzene rings is 2. The highest BCUT2D eigenvalue weighted by Gasteiger charge is 2.47. The van der Waals surface area contributed by atoms with Crippen molar-refractivity contribution >= 4 is 23.4 Å². The summed E-state index contributed by atoms with van der Waals surface area (Å²) in [6.07, 6.45) is 2.88. The number of anilines is 1. The molecule has 3 heterocycles. The summed E-state index contributed by atoms with van der Waals surface area (Å²) in [5, 5.41) is 0. The van der Waals surface area contributed by atoms with Crippen molar-refractivity contribution in [3.63, 3.8) is 0 Å². The van der Waals surface area contributed by atoms with E-state index in [1.807, 2.05) is 24.3 Å². The molecular weight excluding hydrogens is 430 g/mol. The van der Waals surface area contributed by atoms with Crippen LogP contribution in [0.3, 0.4) is 0 Å². The fourth-order valence-corrected chi connectivity index (χ4v) is 4.97. The quantitative estimate of drug-likeness (QED) is 0.528. The minimum atomic E-state index is -0.837. The first-order chi connectivity index (χ1) is 16.6. The molecular formula is C27H27N3O4. The number of piperidine rings is 1. The van der Waals surface area contributed by atoms with E-state index in [0.29, 0.717) is 5.69 Å². The predicted octanol–water partition coefficient (Wildman–Crippen LogP) is 3.72. The normalized spacial score (nSPS) is 19.5. The smallest absolute Gasteiger partial charge is 0.290 e. The number of carbonyl (C=O) groups is 3. The van der Waals surface area contributed by atoms with Crippen LogP contribution in [0.15, 0.2) is 83.5 Å². The van der Waals surface area contributed by atoms with E-state index in [1.54, 1.807) is 41.3 Å². The summed E-state index contributed by atoms with van der Waals surface area (Å²) in [5.41, 5.74) is 1.78. The maximum absolute atomic E-state index is 13.5. The second-order valence-corrected chi connectivity index (χ2v) is 8.81. The molecule has 7 nitrogen and oxygen atoms in total. The van der Waals surface area contributed by atoms with E-state index in [0.717, 1.165) is 32.5 Å². The lowest BCUT2D eigenvalue weighted by atomic mass is 9.99. The number of hydrogen-bond acceptors (Lipinski definition) is 5. The lowest BCUT2D eigenvalue weighted by Crippen LogP contribution is -2.54. The molecule has 3 amide bonds. The van der Waals surface area contributed by atoms with Gasteiger partial charge >= 0.3 is 0 Å². The van der Waals surface area contributed by atoms with Crippen molar-refractivity contribution in [2.75, 3.05) is 18.0 Å². The molecule has 7 heteroatoms. The van der Waals surface area contributed by atoms with E-state index in [1.165, 1.54) is 16.7 Å². The maximum Gasteiger partial charge on any atom is 0.290 e. The van der Waals surface area contributed by atoms with Crippen molar-refractivity contribution in [2.45, 2.75) is 37.9 Å². The number of para-hydroxylation sites is 1. The molecule has 0 saturated carbocycles. The van der Waals surface area contributed by atoms with Crippen LogP contribution in [0.1, 0.15) is 35.4 Å². The number of amides is 3. The van der Waals surface area contributed by atoms with Gasteiger partial charge in [-0.15, -0.1) is 0 Å². The van der Waals surface area contributed by atoms with Crippen LogP contribution >= 0.6 is 0 Å². The van der Waals surface area contributed by atoms with Crippen molar-refractivity contribution in [1.29, 1.82) is 0 Å². The molecule has 2 saturated heterocycles. The summed E-state index contributed by atoms with van der Waals surface area (Å²) in [7, 11) is 0. The van der Waals surface area contributed by atoms with Crippen LogP contribution in [0.2, 0.25) is 0 Å². The predicted molar refractivity (Wildman–Crippen MR) is 127 cm³/mol. The number of imide groups is 1. The van der Waals surface area contributed by atoms with Gasteiger partial charge in [-0.1, -0.05) is 48.5 Å². The molecule has 2 aliphatic heterocycles. The Kier molecular flexibility index (Phi) is 6.27. The highest BCUT2D eigenvalue weighted by molar-refractivity contribution is 6.23. The maximum atomic E-state index is 13.5. The molecule has 2 fully saturated rings. The SMILES string of the molecule is O=C1CC(N(C(=O)c2ccco2)C2CCN(Cc3ccccc3)CC2)C(=O)N1c1ccccc1. The van der Waals surface area contributed by atoms with Crippen LogP contribution in [-0.2, 0) is 16.1 Å². The highest BCUT2D eigenvalue weighted by Crippen LogP contribution is 2.30. The van der Waals surface area contributed by atoms with E-state index in [-0.39, 0.29) is 35.9 Å². The van der Waals surface area contributed by atoms with Gasteiger partial charge in [-0.3, -0.25) is 19.3 Å². The third-order valence-electron chi connectivity index (χ3n) is 6.64. The molecule has 0 radical (unpaired) electrons. The molecule has 2 aromatic carbocycles. The molecule has 174 valence electrons. The molecule has 5 rings (SSSR count). The molecule has 0 N–H and O–H groups in total. The second-order valence-electron chi connectivity index (χ2n) is 8.81. The minimum absolute atomic E-state index is 0.0234. The second kappa shape index (κ2) is 9.65. The third kappa shape index (κ3) is 4.39. The summed E-state index contributed by atoms with van der Waals surface area (Å²) in [4.78, 5) is 45.0. The Hall–Kier alpha value is -3.71. The average Bonchev–Trinajstić information content (AvgIpc) is 3.50. The first-order valence-electron chi connectivity index (χ1n) is 11.7. The standard InChI is InChI=1S/C27H27N3O4/c31-25-18-23(26(32)30(25)21-10-5-2-6-11-21)29(27(33)24-12-7-17-34-24)22-13-15-28(16-14-22)19-20-8-3-1-4-9-20/h1-12,17,22-23H,13-16,18-19H2. The molecule has 3 aromatic rings. The molecule has 0 aliphatic carbocycles. The zero-order valence-electron chi connectivity index (χ0n) is 18.9. The van der Waals surface area contributed by atoms with Crippen LogP contribution in [-0.4, -0.2) is 52.7 Å². The number of carbonyl (C=O) groups excluding carboxylic acids is 3. The van der Waals surface area contributed by atoms with Crippen molar-refractivity contribution in [2.24, 2.45) is 0 Å². The summed E-state index contributed by atoms with van der Waals surface area (Å²) in [5.74, 6) is -0.805. The number of nitrogens with zero attached hydrogens (tertiary/aromatic N) is 3. The van der Waals surface area contributed by atoms with Crippen LogP contribution in [0.25, 0.3) is 0 Å². The lowest BCUT2D eigenvalue weighted by molar-refractivity contribution is -0.123. The first kappa shape index (κ1) is 22.1. The van der Waals surface area contributed by atoms with Gasteiger partial charge in [-0.2, -0.15) is 0 Å². The summed E-state index contributed by atoms with van der Waals surface area (Å²) < 4.78 is 5.39. The average molecular weight is 458 g/mol. The Morgan fingerprint density at radius 2 is 1.59 bits per heavy atom. The van der Waals surface area contributed by atoms with Gasteiger partial charge in [0, 0.05) is 25.7 Å². The largest absolute Gasteiger partial charge is 0.459 e. The number of likely N-dealkylation sites (tertiary alicyclic amines) is 1. The van der Waals surface area contributed by atoms with E-state index in [2.05, 4.69) is 17.0 Å². The van der Waals surface area contributed by atoms with E-state index in [4.69, 9.17) is 4.42 Å². The van der Waals surface area contributed by atoms with Gasteiger partial charge in [0.1, 0.15) is 6.04 Å². The van der Waals surface area contributed by atoms with Gasteiger partial charge in [0.25, 0.3) is 11.8 Å². The van der Waals surface area contributed by atoms with Crippen molar-refractivity contribution < 1.29 is 18.8 Å². The molecule has 1 aromatic heterocycles. The van der Waals surface area contributed by atoms with E-state index >= 15 is 0 Å². The monoisotopic (exact) mass is 457 g/mol. The number of hydrogen-bond donors (Lipinski definition) is 0. The van der Waals surface area contributed by atoms with Gasteiger partial charge in [0.05, 0.1) is 18.4 Å². The van der Waals surface area contributed by atoms with E-state index < -0.39 is 6.04 Å². The Balaban J connectivity index is 1.36. The molecule has 34 heavy (non-hydrogen) atoms. The molecule has 1 atom stereocenters. The Labute approximate surface area is 198 Å². The van der Waals surface area contributed by atoms with Gasteiger partial charge in [0.2, 0.25) is 5.91 Å².